The minimum atomic E-state index is -4.60. The third kappa shape index (κ3) is 4.97. The number of pyridine rings is 1. The first kappa shape index (κ1) is 21.4. The number of carboxylic acids is 1. The monoisotopic (exact) mass is 425 g/mol. The number of aliphatic carboxylic acids is 1. The summed E-state index contributed by atoms with van der Waals surface area (Å²) < 4.78 is 78.2. The van der Waals surface area contributed by atoms with Gasteiger partial charge in [-0.2, -0.15) is 26.3 Å². The van der Waals surface area contributed by atoms with Gasteiger partial charge in [0.2, 0.25) is 0 Å². The Bertz CT molecular complexity index is 1010. The van der Waals surface area contributed by atoms with Gasteiger partial charge in [0.15, 0.2) is 0 Å². The molecular formula is C21H13F6NO2. The number of aromatic nitrogens is 1. The average Bonchev–Trinajstić information content (AvgIpc) is 2.66. The zero-order chi connectivity index (χ0) is 22.1. The number of alkyl halides is 6. The van der Waals surface area contributed by atoms with Crippen molar-refractivity contribution in [1.82, 2.24) is 4.98 Å². The van der Waals surface area contributed by atoms with Crippen LogP contribution in [0.4, 0.5) is 26.3 Å². The lowest BCUT2D eigenvalue weighted by Crippen LogP contribution is -2.06. The molecule has 2 aromatic carbocycles. The van der Waals surface area contributed by atoms with Gasteiger partial charge in [-0.25, -0.2) is 4.98 Å². The van der Waals surface area contributed by atoms with Crippen molar-refractivity contribution in [3.05, 3.63) is 77.4 Å². The second kappa shape index (κ2) is 7.81. The van der Waals surface area contributed by atoms with Crippen molar-refractivity contribution in [3.63, 3.8) is 0 Å². The van der Waals surface area contributed by atoms with E-state index in [0.29, 0.717) is 0 Å². The molecule has 1 heterocycles. The summed E-state index contributed by atoms with van der Waals surface area (Å²) in [6.45, 7) is 0. The molecule has 9 heteroatoms. The van der Waals surface area contributed by atoms with Crippen LogP contribution < -0.4 is 0 Å². The van der Waals surface area contributed by atoms with E-state index in [-0.39, 0.29) is 28.1 Å². The predicted octanol–water partition coefficient (Wildman–Crippen LogP) is 6.08. The number of carbonyl (C=O) groups is 1. The van der Waals surface area contributed by atoms with Crippen molar-refractivity contribution < 1.29 is 36.2 Å². The summed E-state index contributed by atoms with van der Waals surface area (Å²) in [7, 11) is 0. The first-order valence-electron chi connectivity index (χ1n) is 8.51. The van der Waals surface area contributed by atoms with Crippen LogP contribution in [0, 0.1) is 0 Å². The molecule has 0 amide bonds. The molecule has 0 spiro atoms. The quantitative estimate of drug-likeness (QED) is 0.516. The molecule has 0 fully saturated rings. The first-order valence-corrected chi connectivity index (χ1v) is 8.51. The molecule has 1 N–H and O–H groups in total. The molecule has 156 valence electrons. The summed E-state index contributed by atoms with van der Waals surface area (Å²) in [5.41, 5.74) is -1.50. The highest BCUT2D eigenvalue weighted by Gasteiger charge is 2.31. The fourth-order valence-corrected chi connectivity index (χ4v) is 2.87. The van der Waals surface area contributed by atoms with Gasteiger partial charge in [-0.05, 0) is 42.0 Å². The van der Waals surface area contributed by atoms with E-state index in [1.54, 1.807) is 0 Å². The summed E-state index contributed by atoms with van der Waals surface area (Å²) in [5, 5.41) is 9.07. The van der Waals surface area contributed by atoms with Crippen molar-refractivity contribution in [1.29, 1.82) is 0 Å². The number of rotatable bonds is 4. The largest absolute Gasteiger partial charge is 0.481 e. The van der Waals surface area contributed by atoms with Gasteiger partial charge in [0.1, 0.15) is 0 Å². The molecule has 0 aliphatic rings. The van der Waals surface area contributed by atoms with Gasteiger partial charge in [-0.15, -0.1) is 0 Å². The van der Waals surface area contributed by atoms with Crippen LogP contribution in [0.3, 0.4) is 0 Å². The van der Waals surface area contributed by atoms with Crippen LogP contribution >= 0.6 is 0 Å². The van der Waals surface area contributed by atoms with E-state index in [9.17, 15) is 31.1 Å². The molecule has 0 atom stereocenters. The van der Waals surface area contributed by atoms with Gasteiger partial charge in [0, 0.05) is 11.1 Å². The number of hydrogen-bond acceptors (Lipinski definition) is 2. The van der Waals surface area contributed by atoms with Crippen LogP contribution in [-0.4, -0.2) is 16.1 Å². The maximum absolute atomic E-state index is 13.0. The molecule has 1 aromatic heterocycles. The Kier molecular flexibility index (Phi) is 5.56. The van der Waals surface area contributed by atoms with Crippen LogP contribution in [-0.2, 0) is 23.6 Å². The fourth-order valence-electron chi connectivity index (χ4n) is 2.87. The molecule has 0 aliphatic heterocycles. The normalized spacial score (nSPS) is 12.1. The van der Waals surface area contributed by atoms with E-state index in [1.807, 2.05) is 0 Å². The van der Waals surface area contributed by atoms with E-state index in [1.165, 1.54) is 36.4 Å². The summed E-state index contributed by atoms with van der Waals surface area (Å²) in [5.74, 6) is -1.20. The molecule has 3 rings (SSSR count). The van der Waals surface area contributed by atoms with Gasteiger partial charge in [-0.3, -0.25) is 4.79 Å². The third-order valence-corrected chi connectivity index (χ3v) is 4.21. The van der Waals surface area contributed by atoms with Crippen LogP contribution in [0.1, 0.15) is 16.7 Å². The molecule has 0 aliphatic carbocycles. The van der Waals surface area contributed by atoms with Gasteiger partial charge in [0.25, 0.3) is 0 Å². The van der Waals surface area contributed by atoms with Crippen molar-refractivity contribution in [3.8, 4) is 22.5 Å². The van der Waals surface area contributed by atoms with Gasteiger partial charge in [0.05, 0.1) is 28.9 Å². The maximum atomic E-state index is 13.0. The van der Waals surface area contributed by atoms with E-state index in [2.05, 4.69) is 4.98 Å². The third-order valence-electron chi connectivity index (χ3n) is 4.21. The Morgan fingerprint density at radius 1 is 0.767 bits per heavy atom. The van der Waals surface area contributed by atoms with Crippen molar-refractivity contribution in [2.45, 2.75) is 18.8 Å². The fraction of sp³-hybridized carbons (Fsp3) is 0.143. The zero-order valence-electron chi connectivity index (χ0n) is 15.1. The number of benzene rings is 2. The molecule has 0 unspecified atom stereocenters. The molecule has 0 radical (unpaired) electrons. The maximum Gasteiger partial charge on any atom is 0.416 e. The van der Waals surface area contributed by atoms with E-state index in [0.717, 1.165) is 24.3 Å². The van der Waals surface area contributed by atoms with Crippen molar-refractivity contribution >= 4 is 5.97 Å². The minimum absolute atomic E-state index is 0.0206. The Morgan fingerprint density at radius 2 is 1.20 bits per heavy atom. The summed E-state index contributed by atoms with van der Waals surface area (Å²) in [4.78, 5) is 15.3. The summed E-state index contributed by atoms with van der Waals surface area (Å²) >= 11 is 0. The summed E-state index contributed by atoms with van der Waals surface area (Å²) in [6.07, 6.45) is -9.67. The average molecular weight is 425 g/mol. The molecule has 0 saturated carbocycles. The molecule has 0 bridgehead atoms. The number of carboxylic acid groups (broad SMARTS) is 1. The van der Waals surface area contributed by atoms with Gasteiger partial charge in [-0.1, -0.05) is 24.3 Å². The van der Waals surface area contributed by atoms with Gasteiger partial charge >= 0.3 is 18.3 Å². The van der Waals surface area contributed by atoms with Crippen LogP contribution in [0.5, 0.6) is 0 Å². The standard InChI is InChI=1S/C21H13F6NO2/c22-20(23,24)15-5-1-3-13(10-15)17-7-12(9-19(29)30)8-18(28-17)14-4-2-6-16(11-14)21(25,26)27/h1-8,10-11H,9H2,(H,29,30). The Labute approximate surface area is 166 Å². The highest BCUT2D eigenvalue weighted by Crippen LogP contribution is 2.34. The van der Waals surface area contributed by atoms with Crippen molar-refractivity contribution in [2.24, 2.45) is 0 Å². The second-order valence-electron chi connectivity index (χ2n) is 6.47. The minimum Gasteiger partial charge on any atom is -0.481 e. The van der Waals surface area contributed by atoms with E-state index >= 15 is 0 Å². The second-order valence-corrected chi connectivity index (χ2v) is 6.47. The Morgan fingerprint density at radius 3 is 1.57 bits per heavy atom. The lowest BCUT2D eigenvalue weighted by molar-refractivity contribution is -0.138. The lowest BCUT2D eigenvalue weighted by atomic mass is 10.0. The highest BCUT2D eigenvalue weighted by molar-refractivity contribution is 5.74. The SMILES string of the molecule is O=C(O)Cc1cc(-c2cccc(C(F)(F)F)c2)nc(-c2cccc(C(F)(F)F)c2)c1. The number of halogens is 6. The lowest BCUT2D eigenvalue weighted by Gasteiger charge is -2.12. The Balaban J connectivity index is 2.16. The number of nitrogens with zero attached hydrogens (tertiary/aromatic N) is 1. The van der Waals surface area contributed by atoms with Gasteiger partial charge < -0.3 is 5.11 Å². The molecule has 0 saturated heterocycles. The summed E-state index contributed by atoms with van der Waals surface area (Å²) in [6, 6.07) is 11.1. The van der Waals surface area contributed by atoms with Crippen LogP contribution in [0.2, 0.25) is 0 Å². The van der Waals surface area contributed by atoms with E-state index < -0.39 is 35.9 Å². The molecule has 3 aromatic rings. The molecule has 3 nitrogen and oxygen atoms in total. The van der Waals surface area contributed by atoms with Crippen molar-refractivity contribution in [2.75, 3.05) is 0 Å². The smallest absolute Gasteiger partial charge is 0.416 e. The zero-order valence-corrected chi connectivity index (χ0v) is 15.1. The van der Waals surface area contributed by atoms with Crippen LogP contribution in [0.15, 0.2) is 60.7 Å². The number of hydrogen-bond donors (Lipinski definition) is 1. The van der Waals surface area contributed by atoms with Crippen LogP contribution in [0.25, 0.3) is 22.5 Å². The van der Waals surface area contributed by atoms with E-state index in [4.69, 9.17) is 5.11 Å². The highest BCUT2D eigenvalue weighted by atomic mass is 19.4. The first-order chi connectivity index (χ1) is 13.9. The molecule has 30 heavy (non-hydrogen) atoms. The topological polar surface area (TPSA) is 50.2 Å². The molecular weight excluding hydrogens is 412 g/mol. The predicted molar refractivity (Wildman–Crippen MR) is 96.5 cm³/mol. The Hall–Kier alpha value is -3.36.